The van der Waals surface area contributed by atoms with E-state index in [1.54, 1.807) is 6.20 Å². The Hall–Kier alpha value is -2.02. The number of benzene rings is 1. The van der Waals surface area contributed by atoms with E-state index in [2.05, 4.69) is 4.98 Å². The number of aromatic nitrogens is 1. The molecule has 0 spiro atoms. The van der Waals surface area contributed by atoms with Crippen LogP contribution in [0.3, 0.4) is 0 Å². The Morgan fingerprint density at radius 2 is 2.10 bits per heavy atom. The molecule has 1 saturated heterocycles. The Bertz CT molecular complexity index is 807. The van der Waals surface area contributed by atoms with Gasteiger partial charge in [0.1, 0.15) is 5.25 Å². The second-order valence-corrected chi connectivity index (χ2v) is 6.73. The van der Waals surface area contributed by atoms with Gasteiger partial charge < -0.3 is 4.90 Å². The van der Waals surface area contributed by atoms with Crippen molar-refractivity contribution in [2.75, 3.05) is 6.54 Å². The maximum atomic E-state index is 13.0. The summed E-state index contributed by atoms with van der Waals surface area (Å²) in [6, 6.07) is 9.46. The van der Waals surface area contributed by atoms with Gasteiger partial charge in [-0.1, -0.05) is 18.2 Å². The number of hydrogen-bond acceptors (Lipinski definition) is 4. The maximum absolute atomic E-state index is 13.0. The highest BCUT2D eigenvalue weighted by Crippen LogP contribution is 2.22. The lowest BCUT2D eigenvalue weighted by Gasteiger charge is -2.16. The van der Waals surface area contributed by atoms with Crippen LogP contribution in [-0.4, -0.2) is 36.0 Å². The van der Waals surface area contributed by atoms with Crippen LogP contribution in [0.25, 0.3) is 10.9 Å². The van der Waals surface area contributed by atoms with Crippen molar-refractivity contribution in [2.45, 2.75) is 18.2 Å². The van der Waals surface area contributed by atoms with E-state index in [0.717, 1.165) is 16.5 Å². The van der Waals surface area contributed by atoms with Crippen LogP contribution in [0.15, 0.2) is 36.5 Å². The van der Waals surface area contributed by atoms with Crippen LogP contribution in [0.2, 0.25) is 0 Å². The molecule has 1 aromatic heterocycles. The van der Waals surface area contributed by atoms with Crippen LogP contribution in [-0.2, 0) is 21.6 Å². The van der Waals surface area contributed by atoms with E-state index in [1.165, 1.54) is 4.90 Å². The van der Waals surface area contributed by atoms with Gasteiger partial charge in [0.25, 0.3) is 0 Å². The highest BCUT2D eigenvalue weighted by atomic mass is 32.3. The topological polar surface area (TPSA) is 67.3 Å². The van der Waals surface area contributed by atoms with Gasteiger partial charge in [0.2, 0.25) is 5.91 Å². The highest BCUT2D eigenvalue weighted by molar-refractivity contribution is 7.87. The highest BCUT2D eigenvalue weighted by Gasteiger charge is 2.38. The van der Waals surface area contributed by atoms with Gasteiger partial charge in [-0.3, -0.25) is 9.78 Å². The lowest BCUT2D eigenvalue weighted by Crippen LogP contribution is -2.26. The number of hydrogen-bond donors (Lipinski definition) is 0. The quantitative estimate of drug-likeness (QED) is 0.808. The minimum atomic E-state index is -4.67. The number of para-hydroxylation sites is 1. The van der Waals surface area contributed by atoms with E-state index in [4.69, 9.17) is 0 Å². The second-order valence-electron chi connectivity index (χ2n) is 5.11. The molecule has 5 nitrogen and oxygen atoms in total. The van der Waals surface area contributed by atoms with E-state index in [0.29, 0.717) is 0 Å². The Morgan fingerprint density at radius 3 is 2.81 bits per heavy atom. The molecule has 1 aliphatic heterocycles. The van der Waals surface area contributed by atoms with Crippen LogP contribution < -0.4 is 0 Å². The van der Waals surface area contributed by atoms with Crippen LogP contribution >= 0.6 is 0 Å². The van der Waals surface area contributed by atoms with Gasteiger partial charge in [0, 0.05) is 31.1 Å². The third-order valence-electron chi connectivity index (χ3n) is 3.60. The van der Waals surface area contributed by atoms with Gasteiger partial charge in [-0.15, -0.1) is 3.89 Å². The van der Waals surface area contributed by atoms with Crippen molar-refractivity contribution in [1.29, 1.82) is 0 Å². The SMILES string of the molecule is O=C1CC(S(=O)(=O)F)CN1Cc1cnc2ccccc2c1. The van der Waals surface area contributed by atoms with E-state index in [1.807, 2.05) is 30.3 Å². The zero-order chi connectivity index (χ0) is 15.0. The molecule has 1 fully saturated rings. The van der Waals surface area contributed by atoms with Crippen molar-refractivity contribution in [3.63, 3.8) is 0 Å². The standard InChI is InChI=1S/C14H13FN2O3S/c15-21(19,20)12-6-14(18)17(9-12)8-10-5-11-3-1-2-4-13(11)16-7-10/h1-5,7,12H,6,8-9H2. The summed E-state index contributed by atoms with van der Waals surface area (Å²) in [6.07, 6.45) is 1.35. The van der Waals surface area contributed by atoms with Gasteiger partial charge in [-0.2, -0.15) is 8.42 Å². The number of halogens is 1. The molecular weight excluding hydrogens is 295 g/mol. The van der Waals surface area contributed by atoms with Crippen molar-refractivity contribution in [1.82, 2.24) is 9.88 Å². The number of likely N-dealkylation sites (tertiary alicyclic amines) is 1. The van der Waals surface area contributed by atoms with E-state index in [-0.39, 0.29) is 25.4 Å². The summed E-state index contributed by atoms with van der Waals surface area (Å²) in [5.74, 6) is -0.352. The fourth-order valence-corrected chi connectivity index (χ4v) is 3.20. The van der Waals surface area contributed by atoms with Gasteiger partial charge in [-0.25, -0.2) is 0 Å². The molecule has 1 unspecified atom stereocenters. The van der Waals surface area contributed by atoms with Crippen LogP contribution in [0.4, 0.5) is 3.89 Å². The normalized spacial score (nSPS) is 19.4. The molecule has 0 N–H and O–H groups in total. The van der Waals surface area contributed by atoms with Crippen LogP contribution in [0, 0.1) is 0 Å². The molecule has 0 bridgehead atoms. The predicted molar refractivity (Wildman–Crippen MR) is 75.6 cm³/mol. The molecular formula is C14H13FN2O3S. The fraction of sp³-hybridized carbons (Fsp3) is 0.286. The molecule has 0 radical (unpaired) electrons. The molecule has 110 valence electrons. The van der Waals surface area contributed by atoms with Crippen LogP contribution in [0.5, 0.6) is 0 Å². The average Bonchev–Trinajstić information content (AvgIpc) is 2.80. The first-order chi connectivity index (χ1) is 9.93. The van der Waals surface area contributed by atoms with Crippen molar-refractivity contribution < 1.29 is 17.1 Å². The number of nitrogens with zero attached hydrogens (tertiary/aromatic N) is 2. The minimum absolute atomic E-state index is 0.107. The molecule has 2 heterocycles. The first-order valence-electron chi connectivity index (χ1n) is 6.48. The lowest BCUT2D eigenvalue weighted by molar-refractivity contribution is -0.128. The maximum Gasteiger partial charge on any atom is 0.307 e. The molecule has 7 heteroatoms. The largest absolute Gasteiger partial charge is 0.337 e. The zero-order valence-corrected chi connectivity index (χ0v) is 11.9. The first-order valence-corrected chi connectivity index (χ1v) is 7.93. The zero-order valence-electron chi connectivity index (χ0n) is 11.1. The monoisotopic (exact) mass is 308 g/mol. The third kappa shape index (κ3) is 2.87. The number of carbonyl (C=O) groups is 1. The summed E-state index contributed by atoms with van der Waals surface area (Å²) in [5.41, 5.74) is 1.64. The van der Waals surface area contributed by atoms with E-state index in [9.17, 15) is 17.1 Å². The predicted octanol–water partition coefficient (Wildman–Crippen LogP) is 1.63. The van der Waals surface area contributed by atoms with E-state index >= 15 is 0 Å². The smallest absolute Gasteiger partial charge is 0.307 e. The Kier molecular flexibility index (Phi) is 3.36. The molecule has 1 aromatic carbocycles. The van der Waals surface area contributed by atoms with Crippen LogP contribution in [0.1, 0.15) is 12.0 Å². The number of fused-ring (bicyclic) bond motifs is 1. The summed E-state index contributed by atoms with van der Waals surface area (Å²) < 4.78 is 34.8. The molecule has 3 rings (SSSR count). The lowest BCUT2D eigenvalue weighted by atomic mass is 10.1. The first kappa shape index (κ1) is 13.9. The summed E-state index contributed by atoms with van der Waals surface area (Å²) in [6.45, 7) is 0.132. The van der Waals surface area contributed by atoms with Gasteiger partial charge in [-0.05, 0) is 17.7 Å². The molecule has 1 aliphatic rings. The Morgan fingerprint density at radius 1 is 1.33 bits per heavy atom. The minimum Gasteiger partial charge on any atom is -0.337 e. The summed E-state index contributed by atoms with van der Waals surface area (Å²) in [5, 5.41) is -0.310. The van der Waals surface area contributed by atoms with Gasteiger partial charge in [0.05, 0.1) is 5.52 Å². The third-order valence-corrected chi connectivity index (χ3v) is 4.71. The summed E-state index contributed by atoms with van der Waals surface area (Å²) in [7, 11) is -4.67. The van der Waals surface area contributed by atoms with E-state index < -0.39 is 15.5 Å². The number of pyridine rings is 1. The summed E-state index contributed by atoms with van der Waals surface area (Å²) in [4.78, 5) is 17.4. The molecule has 0 saturated carbocycles. The number of carbonyl (C=O) groups excluding carboxylic acids is 1. The average molecular weight is 308 g/mol. The molecule has 1 amide bonds. The number of amides is 1. The van der Waals surface area contributed by atoms with Crippen molar-refractivity contribution in [3.8, 4) is 0 Å². The van der Waals surface area contributed by atoms with Crippen molar-refractivity contribution in [2.24, 2.45) is 0 Å². The van der Waals surface area contributed by atoms with Gasteiger partial charge >= 0.3 is 10.2 Å². The molecule has 0 aliphatic carbocycles. The molecule has 2 aromatic rings. The Labute approximate surface area is 121 Å². The fourth-order valence-electron chi connectivity index (χ4n) is 2.50. The van der Waals surface area contributed by atoms with Crippen molar-refractivity contribution >= 4 is 27.0 Å². The second kappa shape index (κ2) is 5.07. The number of rotatable bonds is 3. The molecule has 21 heavy (non-hydrogen) atoms. The molecule has 1 atom stereocenters. The van der Waals surface area contributed by atoms with Gasteiger partial charge in [0.15, 0.2) is 0 Å². The van der Waals surface area contributed by atoms with Crippen molar-refractivity contribution in [3.05, 3.63) is 42.1 Å². The summed E-state index contributed by atoms with van der Waals surface area (Å²) >= 11 is 0. The Balaban J connectivity index is 1.81.